The van der Waals surface area contributed by atoms with Gasteiger partial charge in [0.05, 0.1) is 22.8 Å². The Hall–Kier alpha value is -3.25. The predicted molar refractivity (Wildman–Crippen MR) is 116 cm³/mol. The quantitative estimate of drug-likeness (QED) is 0.511. The fraction of sp³-hybridized carbons (Fsp3) is 0.217. The smallest absolute Gasteiger partial charge is 0.254 e. The second-order valence-corrected chi connectivity index (χ2v) is 7.96. The van der Waals surface area contributed by atoms with Crippen LogP contribution in [0.2, 0.25) is 5.02 Å². The van der Waals surface area contributed by atoms with E-state index >= 15 is 0 Å². The van der Waals surface area contributed by atoms with Gasteiger partial charge in [-0.1, -0.05) is 23.7 Å². The first-order valence-corrected chi connectivity index (χ1v) is 10.3. The number of benzene rings is 2. The van der Waals surface area contributed by atoms with Crippen LogP contribution < -0.4 is 0 Å². The molecule has 3 heterocycles. The molecule has 2 aromatic carbocycles. The summed E-state index contributed by atoms with van der Waals surface area (Å²) in [5.41, 5.74) is 4.11. The summed E-state index contributed by atoms with van der Waals surface area (Å²) >= 11 is 6.12. The van der Waals surface area contributed by atoms with Crippen LogP contribution in [0.4, 0.5) is 0 Å². The van der Waals surface area contributed by atoms with Crippen molar-refractivity contribution in [2.75, 3.05) is 6.54 Å². The van der Waals surface area contributed by atoms with Crippen LogP contribution in [0.5, 0.6) is 0 Å². The zero-order valence-electron chi connectivity index (χ0n) is 16.5. The van der Waals surface area contributed by atoms with Crippen LogP contribution in [0.25, 0.3) is 22.4 Å². The van der Waals surface area contributed by atoms with Crippen LogP contribution in [-0.2, 0) is 0 Å². The Bertz CT molecular complexity index is 1250. The molecule has 30 heavy (non-hydrogen) atoms. The number of likely N-dealkylation sites (tertiary alicyclic amines) is 1. The summed E-state index contributed by atoms with van der Waals surface area (Å²) in [6.45, 7) is 2.62. The Balaban J connectivity index is 1.46. The van der Waals surface area contributed by atoms with Gasteiger partial charge in [-0.3, -0.25) is 4.79 Å². The fourth-order valence-corrected chi connectivity index (χ4v) is 4.27. The van der Waals surface area contributed by atoms with Gasteiger partial charge in [-0.15, -0.1) is 0 Å². The molecule has 6 nitrogen and oxygen atoms in total. The normalized spacial score (nSPS) is 16.3. The Morgan fingerprint density at radius 1 is 1.17 bits per heavy atom. The van der Waals surface area contributed by atoms with E-state index in [4.69, 9.17) is 16.6 Å². The molecule has 0 aliphatic carbocycles. The molecule has 150 valence electrons. The molecule has 4 aromatic rings. The third kappa shape index (κ3) is 3.44. The predicted octanol–water partition coefficient (Wildman–Crippen LogP) is 4.96. The molecule has 1 aliphatic heterocycles. The van der Waals surface area contributed by atoms with Gasteiger partial charge in [0.1, 0.15) is 5.82 Å². The van der Waals surface area contributed by atoms with Crippen molar-refractivity contribution in [3.63, 3.8) is 0 Å². The zero-order chi connectivity index (χ0) is 20.7. The molecular weight excluding hydrogens is 398 g/mol. The van der Waals surface area contributed by atoms with E-state index in [1.165, 1.54) is 0 Å². The van der Waals surface area contributed by atoms with E-state index in [2.05, 4.69) is 15.0 Å². The standard InChI is InChI=1S/C23H20ClN5O/c1-14-26-18-8-7-16(13-20(18)27-14)23(30)29-11-3-6-21(29)19-9-10-25-22(28-19)15-4-2-5-17(24)12-15/h2,4-5,7-10,12-13,21H,3,6,11H2,1H3,(H,26,27). The van der Waals surface area contributed by atoms with Gasteiger partial charge in [0.15, 0.2) is 5.82 Å². The third-order valence-corrected chi connectivity index (χ3v) is 5.70. The van der Waals surface area contributed by atoms with Crippen molar-refractivity contribution in [3.05, 3.63) is 76.8 Å². The largest absolute Gasteiger partial charge is 0.342 e. The summed E-state index contributed by atoms with van der Waals surface area (Å²) in [5, 5.41) is 0.642. The highest BCUT2D eigenvalue weighted by Gasteiger charge is 2.32. The lowest BCUT2D eigenvalue weighted by molar-refractivity contribution is 0.0733. The summed E-state index contributed by atoms with van der Waals surface area (Å²) in [5.74, 6) is 1.46. The molecule has 0 bridgehead atoms. The molecule has 1 unspecified atom stereocenters. The number of nitrogens with zero attached hydrogens (tertiary/aromatic N) is 4. The van der Waals surface area contributed by atoms with E-state index in [1.807, 2.05) is 60.4 Å². The molecule has 0 spiro atoms. The van der Waals surface area contributed by atoms with Gasteiger partial charge in [-0.2, -0.15) is 0 Å². The van der Waals surface area contributed by atoms with Crippen molar-refractivity contribution in [3.8, 4) is 11.4 Å². The highest BCUT2D eigenvalue weighted by atomic mass is 35.5. The van der Waals surface area contributed by atoms with Crippen LogP contribution in [0.3, 0.4) is 0 Å². The van der Waals surface area contributed by atoms with Crippen molar-refractivity contribution in [2.24, 2.45) is 0 Å². The molecule has 0 radical (unpaired) electrons. The lowest BCUT2D eigenvalue weighted by atomic mass is 10.1. The van der Waals surface area contributed by atoms with Crippen LogP contribution in [0.15, 0.2) is 54.7 Å². The van der Waals surface area contributed by atoms with Gasteiger partial charge in [-0.05, 0) is 56.2 Å². The fourth-order valence-electron chi connectivity index (χ4n) is 4.08. The Kier molecular flexibility index (Phi) is 4.71. The molecule has 1 atom stereocenters. The lowest BCUT2D eigenvalue weighted by Gasteiger charge is -2.24. The van der Waals surface area contributed by atoms with E-state index < -0.39 is 0 Å². The monoisotopic (exact) mass is 417 g/mol. The van der Waals surface area contributed by atoms with Crippen molar-refractivity contribution in [1.82, 2.24) is 24.8 Å². The van der Waals surface area contributed by atoms with Crippen LogP contribution in [0, 0.1) is 6.92 Å². The van der Waals surface area contributed by atoms with Gasteiger partial charge in [0.2, 0.25) is 0 Å². The molecule has 2 aromatic heterocycles. The van der Waals surface area contributed by atoms with Gasteiger partial charge in [-0.25, -0.2) is 15.0 Å². The molecule has 1 fully saturated rings. The van der Waals surface area contributed by atoms with E-state index in [1.54, 1.807) is 6.20 Å². The molecule has 7 heteroatoms. The van der Waals surface area contributed by atoms with E-state index in [-0.39, 0.29) is 11.9 Å². The minimum Gasteiger partial charge on any atom is -0.342 e. The molecule has 1 aliphatic rings. The van der Waals surface area contributed by atoms with Gasteiger partial charge < -0.3 is 9.88 Å². The van der Waals surface area contributed by atoms with Gasteiger partial charge in [0, 0.05) is 28.9 Å². The first-order chi connectivity index (χ1) is 14.6. The lowest BCUT2D eigenvalue weighted by Crippen LogP contribution is -2.31. The molecule has 5 rings (SSSR count). The summed E-state index contributed by atoms with van der Waals surface area (Å²) < 4.78 is 0. The van der Waals surface area contributed by atoms with E-state index in [9.17, 15) is 4.79 Å². The van der Waals surface area contributed by atoms with Gasteiger partial charge in [0.25, 0.3) is 5.91 Å². The van der Waals surface area contributed by atoms with Crippen molar-refractivity contribution < 1.29 is 4.79 Å². The highest BCUT2D eigenvalue weighted by molar-refractivity contribution is 6.30. The number of hydrogen-bond donors (Lipinski definition) is 1. The molecule has 1 N–H and O–H groups in total. The number of rotatable bonds is 3. The van der Waals surface area contributed by atoms with Gasteiger partial charge >= 0.3 is 0 Å². The Morgan fingerprint density at radius 2 is 2.07 bits per heavy atom. The Morgan fingerprint density at radius 3 is 2.93 bits per heavy atom. The number of nitrogens with one attached hydrogen (secondary N) is 1. The molecule has 1 saturated heterocycles. The van der Waals surface area contributed by atoms with E-state index in [0.29, 0.717) is 23.0 Å². The number of amides is 1. The first kappa shape index (κ1) is 18.8. The maximum absolute atomic E-state index is 13.3. The summed E-state index contributed by atoms with van der Waals surface area (Å²) in [6.07, 6.45) is 3.57. The zero-order valence-corrected chi connectivity index (χ0v) is 17.2. The second-order valence-electron chi connectivity index (χ2n) is 7.53. The maximum Gasteiger partial charge on any atom is 0.254 e. The number of fused-ring (bicyclic) bond motifs is 1. The first-order valence-electron chi connectivity index (χ1n) is 9.95. The summed E-state index contributed by atoms with van der Waals surface area (Å²) in [7, 11) is 0. The topological polar surface area (TPSA) is 74.8 Å². The SMILES string of the molecule is Cc1nc2ccc(C(=O)N3CCCC3c3ccnc(-c4cccc(Cl)c4)n3)cc2[nH]1. The number of carbonyl (C=O) groups excluding carboxylic acids is 1. The highest BCUT2D eigenvalue weighted by Crippen LogP contribution is 2.33. The number of aryl methyl sites for hydroxylation is 1. The van der Waals surface area contributed by atoms with Crippen LogP contribution >= 0.6 is 11.6 Å². The number of carbonyl (C=O) groups is 1. The van der Waals surface area contributed by atoms with E-state index in [0.717, 1.165) is 41.0 Å². The molecular formula is C23H20ClN5O. The average molecular weight is 418 g/mol. The third-order valence-electron chi connectivity index (χ3n) is 5.46. The molecule has 1 amide bonds. The molecule has 0 saturated carbocycles. The maximum atomic E-state index is 13.3. The van der Waals surface area contributed by atoms with Crippen LogP contribution in [0.1, 0.15) is 40.8 Å². The van der Waals surface area contributed by atoms with Crippen molar-refractivity contribution in [2.45, 2.75) is 25.8 Å². The minimum absolute atomic E-state index is 0.00886. The van der Waals surface area contributed by atoms with Crippen molar-refractivity contribution in [1.29, 1.82) is 0 Å². The number of imidazole rings is 1. The number of halogens is 1. The minimum atomic E-state index is -0.0716. The van der Waals surface area contributed by atoms with Crippen molar-refractivity contribution >= 4 is 28.5 Å². The summed E-state index contributed by atoms with van der Waals surface area (Å²) in [4.78, 5) is 32.0. The number of aromatic amines is 1. The number of aromatic nitrogens is 4. The van der Waals surface area contributed by atoms with Crippen LogP contribution in [-0.4, -0.2) is 37.3 Å². The Labute approximate surface area is 179 Å². The summed E-state index contributed by atoms with van der Waals surface area (Å²) in [6, 6.07) is 14.9. The number of hydrogen-bond acceptors (Lipinski definition) is 4. The second kappa shape index (κ2) is 7.54. The average Bonchev–Trinajstić information content (AvgIpc) is 3.38. The number of H-pyrrole nitrogens is 1.